The Bertz CT molecular complexity index is 572. The average molecular weight is 258 g/mol. The van der Waals surface area contributed by atoms with E-state index >= 15 is 0 Å². The summed E-state index contributed by atoms with van der Waals surface area (Å²) in [6, 6.07) is 5.53. The van der Waals surface area contributed by atoms with Gasteiger partial charge in [-0.3, -0.25) is 4.79 Å². The highest BCUT2D eigenvalue weighted by Crippen LogP contribution is 2.12. The van der Waals surface area contributed by atoms with Crippen LogP contribution in [0.25, 0.3) is 11.0 Å². The largest absolute Gasteiger partial charge is 0.352 e. The summed E-state index contributed by atoms with van der Waals surface area (Å²) in [6.45, 7) is 2.84. The molecule has 1 unspecified atom stereocenters. The van der Waals surface area contributed by atoms with Crippen LogP contribution in [0.2, 0.25) is 0 Å². The molecule has 0 saturated carbocycles. The van der Waals surface area contributed by atoms with Gasteiger partial charge in [-0.05, 0) is 50.0 Å². The van der Waals surface area contributed by atoms with Crippen LogP contribution < -0.4 is 10.6 Å². The maximum atomic E-state index is 12.1. The van der Waals surface area contributed by atoms with Crippen LogP contribution in [0.15, 0.2) is 24.5 Å². The number of hydrogen-bond donors (Lipinski definition) is 3. The van der Waals surface area contributed by atoms with E-state index in [4.69, 9.17) is 0 Å². The molecule has 3 rings (SSSR count). The molecule has 2 aromatic rings. The molecular weight excluding hydrogens is 240 g/mol. The molecule has 0 aliphatic carbocycles. The van der Waals surface area contributed by atoms with Crippen molar-refractivity contribution in [3.63, 3.8) is 0 Å². The smallest absolute Gasteiger partial charge is 0.251 e. The van der Waals surface area contributed by atoms with Gasteiger partial charge < -0.3 is 15.6 Å². The van der Waals surface area contributed by atoms with E-state index in [-0.39, 0.29) is 5.91 Å². The van der Waals surface area contributed by atoms with Gasteiger partial charge in [0.1, 0.15) is 0 Å². The highest BCUT2D eigenvalue weighted by molar-refractivity contribution is 5.97. The fraction of sp³-hybridized carbons (Fsp3) is 0.429. The molecule has 1 atom stereocenters. The van der Waals surface area contributed by atoms with Crippen LogP contribution in [0.1, 0.15) is 23.2 Å². The number of imidazole rings is 1. The topological polar surface area (TPSA) is 69.8 Å². The highest BCUT2D eigenvalue weighted by atomic mass is 16.1. The van der Waals surface area contributed by atoms with E-state index in [1.54, 1.807) is 6.33 Å². The number of carbonyl (C=O) groups excluding carboxylic acids is 1. The van der Waals surface area contributed by atoms with Crippen molar-refractivity contribution in [1.82, 2.24) is 20.6 Å². The van der Waals surface area contributed by atoms with Crippen LogP contribution in [0.3, 0.4) is 0 Å². The lowest BCUT2D eigenvalue weighted by Gasteiger charge is -2.22. The molecular formula is C14H18N4O. The van der Waals surface area contributed by atoms with Crippen LogP contribution in [0.5, 0.6) is 0 Å². The van der Waals surface area contributed by atoms with E-state index in [9.17, 15) is 4.79 Å². The van der Waals surface area contributed by atoms with Crippen molar-refractivity contribution in [3.8, 4) is 0 Å². The van der Waals surface area contributed by atoms with Crippen molar-refractivity contribution in [2.75, 3.05) is 19.6 Å². The van der Waals surface area contributed by atoms with E-state index in [1.807, 2.05) is 18.2 Å². The third-order valence-corrected chi connectivity index (χ3v) is 3.63. The first kappa shape index (κ1) is 12.2. The maximum Gasteiger partial charge on any atom is 0.251 e. The Kier molecular flexibility index (Phi) is 3.46. The molecule has 1 aliphatic rings. The molecule has 1 amide bonds. The number of aromatic nitrogens is 2. The van der Waals surface area contributed by atoms with E-state index in [0.717, 1.165) is 30.7 Å². The molecule has 1 aromatic carbocycles. The number of amides is 1. The SMILES string of the molecule is O=C(NCC1CCCNC1)c1ccc2nc[nH]c2c1. The minimum atomic E-state index is -0.0120. The lowest BCUT2D eigenvalue weighted by Crippen LogP contribution is -2.38. The van der Waals surface area contributed by atoms with E-state index < -0.39 is 0 Å². The molecule has 1 aromatic heterocycles. The highest BCUT2D eigenvalue weighted by Gasteiger charge is 2.14. The normalized spacial score (nSPS) is 19.5. The number of nitrogens with one attached hydrogen (secondary N) is 3. The standard InChI is InChI=1S/C14H18N4O/c19-14(16-8-10-2-1-5-15-7-10)11-3-4-12-13(6-11)18-9-17-12/h3-4,6,9-10,15H,1-2,5,7-8H2,(H,16,19)(H,17,18). The van der Waals surface area contributed by atoms with Crippen molar-refractivity contribution in [2.45, 2.75) is 12.8 Å². The summed E-state index contributed by atoms with van der Waals surface area (Å²) in [5, 5.41) is 6.37. The lowest BCUT2D eigenvalue weighted by molar-refractivity contribution is 0.0945. The van der Waals surface area contributed by atoms with Crippen LogP contribution in [-0.2, 0) is 0 Å². The Morgan fingerprint density at radius 1 is 1.47 bits per heavy atom. The molecule has 0 radical (unpaired) electrons. The Morgan fingerprint density at radius 3 is 3.26 bits per heavy atom. The van der Waals surface area contributed by atoms with Gasteiger partial charge in [0.25, 0.3) is 5.91 Å². The van der Waals surface area contributed by atoms with E-state index in [1.165, 1.54) is 12.8 Å². The first-order valence-corrected chi connectivity index (χ1v) is 6.75. The number of aromatic amines is 1. The summed E-state index contributed by atoms with van der Waals surface area (Å²) in [6.07, 6.45) is 4.02. The number of nitrogens with zero attached hydrogens (tertiary/aromatic N) is 1. The fourth-order valence-corrected chi connectivity index (χ4v) is 2.51. The maximum absolute atomic E-state index is 12.1. The van der Waals surface area contributed by atoms with Gasteiger partial charge in [0.05, 0.1) is 17.4 Å². The number of hydrogen-bond acceptors (Lipinski definition) is 3. The van der Waals surface area contributed by atoms with E-state index in [2.05, 4.69) is 20.6 Å². The Balaban J connectivity index is 1.62. The predicted molar refractivity (Wildman–Crippen MR) is 74.0 cm³/mol. The third-order valence-electron chi connectivity index (χ3n) is 3.63. The molecule has 1 fully saturated rings. The zero-order chi connectivity index (χ0) is 13.1. The first-order chi connectivity index (χ1) is 9.33. The number of rotatable bonds is 3. The summed E-state index contributed by atoms with van der Waals surface area (Å²) >= 11 is 0. The van der Waals surface area contributed by atoms with Crippen molar-refractivity contribution >= 4 is 16.9 Å². The number of piperidine rings is 1. The summed E-state index contributed by atoms with van der Waals surface area (Å²) < 4.78 is 0. The quantitative estimate of drug-likeness (QED) is 0.777. The van der Waals surface area contributed by atoms with Gasteiger partial charge in [-0.1, -0.05) is 0 Å². The van der Waals surface area contributed by atoms with Gasteiger partial charge in [0.2, 0.25) is 0 Å². The number of benzene rings is 1. The third kappa shape index (κ3) is 2.76. The van der Waals surface area contributed by atoms with Crippen LogP contribution in [0.4, 0.5) is 0 Å². The summed E-state index contributed by atoms with van der Waals surface area (Å²) in [7, 11) is 0. The molecule has 2 heterocycles. The average Bonchev–Trinajstić information content (AvgIpc) is 2.93. The molecule has 1 aliphatic heterocycles. The minimum Gasteiger partial charge on any atom is -0.352 e. The van der Waals surface area contributed by atoms with Gasteiger partial charge in [-0.25, -0.2) is 4.98 Å². The number of fused-ring (bicyclic) bond motifs is 1. The summed E-state index contributed by atoms with van der Waals surface area (Å²) in [5.41, 5.74) is 2.46. The lowest BCUT2D eigenvalue weighted by atomic mass is 9.99. The molecule has 19 heavy (non-hydrogen) atoms. The summed E-state index contributed by atoms with van der Waals surface area (Å²) in [4.78, 5) is 19.2. The molecule has 3 N–H and O–H groups in total. The number of H-pyrrole nitrogens is 1. The van der Waals surface area contributed by atoms with Crippen LogP contribution >= 0.6 is 0 Å². The predicted octanol–water partition coefficient (Wildman–Crippen LogP) is 1.29. The second kappa shape index (κ2) is 5.40. The molecule has 100 valence electrons. The van der Waals surface area contributed by atoms with Gasteiger partial charge >= 0.3 is 0 Å². The first-order valence-electron chi connectivity index (χ1n) is 6.75. The van der Waals surface area contributed by atoms with Crippen molar-refractivity contribution in [3.05, 3.63) is 30.1 Å². The zero-order valence-corrected chi connectivity index (χ0v) is 10.8. The summed E-state index contributed by atoms with van der Waals surface area (Å²) in [5.74, 6) is 0.538. The van der Waals surface area contributed by atoms with Gasteiger partial charge in [-0.2, -0.15) is 0 Å². The van der Waals surface area contributed by atoms with Gasteiger partial charge in [-0.15, -0.1) is 0 Å². The Hall–Kier alpha value is -1.88. The molecule has 0 bridgehead atoms. The van der Waals surface area contributed by atoms with Crippen LogP contribution in [-0.4, -0.2) is 35.5 Å². The Labute approximate surface area is 111 Å². The van der Waals surface area contributed by atoms with E-state index in [0.29, 0.717) is 11.5 Å². The molecule has 5 nitrogen and oxygen atoms in total. The van der Waals surface area contributed by atoms with Gasteiger partial charge in [0.15, 0.2) is 0 Å². The fourth-order valence-electron chi connectivity index (χ4n) is 2.51. The van der Waals surface area contributed by atoms with Crippen LogP contribution in [0, 0.1) is 5.92 Å². The van der Waals surface area contributed by atoms with Crippen molar-refractivity contribution < 1.29 is 4.79 Å². The van der Waals surface area contributed by atoms with Crippen molar-refractivity contribution in [2.24, 2.45) is 5.92 Å². The van der Waals surface area contributed by atoms with Crippen molar-refractivity contribution in [1.29, 1.82) is 0 Å². The van der Waals surface area contributed by atoms with Gasteiger partial charge in [0, 0.05) is 12.1 Å². The molecule has 1 saturated heterocycles. The molecule has 0 spiro atoms. The second-order valence-electron chi connectivity index (χ2n) is 5.06. The minimum absolute atomic E-state index is 0.0120. The molecule has 5 heteroatoms. The zero-order valence-electron chi connectivity index (χ0n) is 10.8. The Morgan fingerprint density at radius 2 is 2.42 bits per heavy atom. The monoisotopic (exact) mass is 258 g/mol. The second-order valence-corrected chi connectivity index (χ2v) is 5.06. The number of carbonyl (C=O) groups is 1.